The molecule has 2 aliphatic heterocycles. The molecule has 0 radical (unpaired) electrons. The van der Waals surface area contributed by atoms with Crippen molar-refractivity contribution in [3.05, 3.63) is 59.2 Å². The van der Waals surface area contributed by atoms with E-state index in [1.165, 1.54) is 11.1 Å². The molecule has 5 nitrogen and oxygen atoms in total. The third-order valence-electron chi connectivity index (χ3n) is 5.21. The number of urea groups is 1. The Morgan fingerprint density at radius 2 is 1.85 bits per heavy atom. The highest BCUT2D eigenvalue weighted by molar-refractivity contribution is 5.77. The summed E-state index contributed by atoms with van der Waals surface area (Å²) in [6.07, 6.45) is 1.27. The molecule has 2 atom stereocenters. The van der Waals surface area contributed by atoms with Gasteiger partial charge in [-0.25, -0.2) is 4.79 Å². The van der Waals surface area contributed by atoms with Gasteiger partial charge in [0.05, 0.1) is 0 Å². The van der Waals surface area contributed by atoms with Crippen molar-refractivity contribution in [1.29, 1.82) is 0 Å². The van der Waals surface area contributed by atoms with Crippen LogP contribution in [-0.2, 0) is 0 Å². The van der Waals surface area contributed by atoms with Crippen LogP contribution < -0.4 is 15.4 Å². The highest BCUT2D eigenvalue weighted by Crippen LogP contribution is 2.47. The van der Waals surface area contributed by atoms with Gasteiger partial charge in [-0.15, -0.1) is 0 Å². The second-order valence-corrected chi connectivity index (χ2v) is 8.13. The lowest BCUT2D eigenvalue weighted by molar-refractivity contribution is -0.0236. The minimum atomic E-state index is -0.803. The Morgan fingerprint density at radius 3 is 2.54 bits per heavy atom. The number of fused-ring (bicyclic) bond motifs is 1. The molecule has 1 spiro atoms. The smallest absolute Gasteiger partial charge is 0.318 e. The van der Waals surface area contributed by atoms with Crippen LogP contribution in [0, 0.1) is 6.92 Å². The first kappa shape index (κ1) is 16.8. The van der Waals surface area contributed by atoms with E-state index in [4.69, 9.17) is 4.74 Å². The van der Waals surface area contributed by atoms with Crippen molar-refractivity contribution in [2.24, 2.45) is 0 Å². The van der Waals surface area contributed by atoms with Crippen molar-refractivity contribution in [2.45, 2.75) is 50.8 Å². The highest BCUT2D eigenvalue weighted by Gasteiger charge is 2.49. The zero-order valence-electron chi connectivity index (χ0n) is 15.3. The minimum absolute atomic E-state index is 0.0779. The van der Waals surface area contributed by atoms with E-state index in [-0.39, 0.29) is 23.2 Å². The number of ether oxygens (including phenoxy) is 1. The maximum absolute atomic E-state index is 12.3. The van der Waals surface area contributed by atoms with Crippen molar-refractivity contribution in [1.82, 2.24) is 10.6 Å². The van der Waals surface area contributed by atoms with Gasteiger partial charge < -0.3 is 20.5 Å². The molecule has 26 heavy (non-hydrogen) atoms. The summed E-state index contributed by atoms with van der Waals surface area (Å²) in [7, 11) is 0. The number of rotatable bonds is 1. The van der Waals surface area contributed by atoms with Crippen LogP contribution in [0.15, 0.2) is 42.5 Å². The summed E-state index contributed by atoms with van der Waals surface area (Å²) in [6, 6.07) is 13.5. The Morgan fingerprint density at radius 1 is 1.12 bits per heavy atom. The van der Waals surface area contributed by atoms with Gasteiger partial charge in [-0.2, -0.15) is 0 Å². The SMILES string of the molecule is Cc1ccc([C@@H]2C[C@@]3(CC(C)(C)NC(=O)N3)Oc3cc(O)ccc32)cc1. The van der Waals surface area contributed by atoms with Gasteiger partial charge in [0.25, 0.3) is 0 Å². The molecule has 2 aliphatic rings. The summed E-state index contributed by atoms with van der Waals surface area (Å²) in [6.45, 7) is 6.06. The first-order valence-electron chi connectivity index (χ1n) is 8.94. The van der Waals surface area contributed by atoms with Crippen LogP contribution in [0.3, 0.4) is 0 Å². The molecule has 0 bridgehead atoms. The fraction of sp³-hybridized carbons (Fsp3) is 0.381. The Balaban J connectivity index is 1.81. The number of carbonyl (C=O) groups excluding carboxylic acids is 1. The normalized spacial score (nSPS) is 26.4. The van der Waals surface area contributed by atoms with Gasteiger partial charge in [0.1, 0.15) is 11.5 Å². The molecule has 2 heterocycles. The van der Waals surface area contributed by atoms with Gasteiger partial charge >= 0.3 is 6.03 Å². The highest BCUT2D eigenvalue weighted by atomic mass is 16.5. The van der Waals surface area contributed by atoms with Crippen LogP contribution in [0.4, 0.5) is 4.79 Å². The monoisotopic (exact) mass is 352 g/mol. The van der Waals surface area contributed by atoms with Crippen LogP contribution in [0.5, 0.6) is 11.5 Å². The molecule has 5 heteroatoms. The number of amides is 2. The van der Waals surface area contributed by atoms with Gasteiger partial charge in [-0.3, -0.25) is 0 Å². The van der Waals surface area contributed by atoms with Crippen LogP contribution in [-0.4, -0.2) is 22.4 Å². The number of hydrogen-bond acceptors (Lipinski definition) is 3. The third-order valence-corrected chi connectivity index (χ3v) is 5.21. The minimum Gasteiger partial charge on any atom is -0.508 e. The average molecular weight is 352 g/mol. The van der Waals surface area contributed by atoms with E-state index < -0.39 is 5.72 Å². The average Bonchev–Trinajstić information content (AvgIpc) is 2.52. The van der Waals surface area contributed by atoms with Crippen LogP contribution in [0.25, 0.3) is 0 Å². The van der Waals surface area contributed by atoms with E-state index >= 15 is 0 Å². The molecule has 0 unspecified atom stereocenters. The lowest BCUT2D eigenvalue weighted by Crippen LogP contribution is -2.69. The Hall–Kier alpha value is -2.69. The number of phenols is 1. The van der Waals surface area contributed by atoms with E-state index in [0.29, 0.717) is 18.6 Å². The molecule has 0 aromatic heterocycles. The Kier molecular flexibility index (Phi) is 3.65. The summed E-state index contributed by atoms with van der Waals surface area (Å²) >= 11 is 0. The number of phenolic OH excluding ortho intramolecular Hbond substituents is 1. The lowest BCUT2D eigenvalue weighted by Gasteiger charge is -2.49. The van der Waals surface area contributed by atoms with E-state index in [1.54, 1.807) is 12.1 Å². The van der Waals surface area contributed by atoms with Gasteiger partial charge in [0, 0.05) is 35.9 Å². The van der Waals surface area contributed by atoms with Crippen molar-refractivity contribution in [3.63, 3.8) is 0 Å². The molecule has 0 aliphatic carbocycles. The van der Waals surface area contributed by atoms with Crippen LogP contribution in [0.1, 0.15) is 49.3 Å². The van der Waals surface area contributed by atoms with Crippen molar-refractivity contribution in [3.8, 4) is 11.5 Å². The summed E-state index contributed by atoms with van der Waals surface area (Å²) in [5.41, 5.74) is 2.23. The molecule has 2 amide bonds. The van der Waals surface area contributed by atoms with Gasteiger partial charge in [-0.1, -0.05) is 35.9 Å². The molecule has 1 saturated heterocycles. The zero-order valence-corrected chi connectivity index (χ0v) is 15.3. The number of aromatic hydroxyl groups is 1. The summed E-state index contributed by atoms with van der Waals surface area (Å²) in [5, 5.41) is 15.9. The fourth-order valence-electron chi connectivity index (χ4n) is 4.22. The predicted molar refractivity (Wildman–Crippen MR) is 99.5 cm³/mol. The van der Waals surface area contributed by atoms with Crippen molar-refractivity contribution < 1.29 is 14.6 Å². The molecule has 2 aromatic carbocycles. The van der Waals surface area contributed by atoms with Gasteiger partial charge in [0.15, 0.2) is 5.72 Å². The zero-order chi connectivity index (χ0) is 18.5. The van der Waals surface area contributed by atoms with E-state index in [0.717, 1.165) is 5.56 Å². The van der Waals surface area contributed by atoms with E-state index in [1.807, 2.05) is 19.9 Å². The molecule has 2 aromatic rings. The first-order chi connectivity index (χ1) is 12.3. The summed E-state index contributed by atoms with van der Waals surface area (Å²) in [5.74, 6) is 0.858. The second-order valence-electron chi connectivity index (χ2n) is 8.13. The van der Waals surface area contributed by atoms with Gasteiger partial charge in [-0.05, 0) is 32.4 Å². The van der Waals surface area contributed by atoms with Crippen molar-refractivity contribution in [2.75, 3.05) is 0 Å². The van der Waals surface area contributed by atoms with E-state index in [9.17, 15) is 9.90 Å². The number of nitrogens with one attached hydrogen (secondary N) is 2. The maximum atomic E-state index is 12.3. The van der Waals surface area contributed by atoms with Crippen LogP contribution in [0.2, 0.25) is 0 Å². The number of benzene rings is 2. The number of carbonyl (C=O) groups is 1. The third kappa shape index (κ3) is 2.98. The van der Waals surface area contributed by atoms with Gasteiger partial charge in [0.2, 0.25) is 0 Å². The molecule has 136 valence electrons. The molecular formula is C21H24N2O3. The second kappa shape index (κ2) is 5.66. The molecule has 0 saturated carbocycles. The van der Waals surface area contributed by atoms with Crippen LogP contribution >= 0.6 is 0 Å². The summed E-state index contributed by atoms with van der Waals surface area (Å²) < 4.78 is 6.29. The summed E-state index contributed by atoms with van der Waals surface area (Å²) in [4.78, 5) is 12.3. The molecular weight excluding hydrogens is 328 g/mol. The molecule has 3 N–H and O–H groups in total. The topological polar surface area (TPSA) is 70.6 Å². The predicted octanol–water partition coefficient (Wildman–Crippen LogP) is 3.79. The number of aryl methyl sites for hydroxylation is 1. The molecule has 1 fully saturated rings. The Bertz CT molecular complexity index is 860. The maximum Gasteiger partial charge on any atom is 0.318 e. The quantitative estimate of drug-likeness (QED) is 0.731. The largest absolute Gasteiger partial charge is 0.508 e. The van der Waals surface area contributed by atoms with E-state index in [2.05, 4.69) is 41.8 Å². The van der Waals surface area contributed by atoms with Crippen molar-refractivity contribution >= 4 is 6.03 Å². The standard InChI is InChI=1S/C21H24N2O3/c1-13-4-6-14(7-5-13)17-11-21(12-20(2,3)22-19(25)23-21)26-18-10-15(24)8-9-16(17)18/h4-10,17,24H,11-12H2,1-3H3,(H2,22,23,25)/t17-,21-/m0/s1. The molecule has 4 rings (SSSR count). The lowest BCUT2D eigenvalue weighted by atomic mass is 9.77. The number of hydrogen-bond donors (Lipinski definition) is 3. The fourth-order valence-corrected chi connectivity index (χ4v) is 4.22. The first-order valence-corrected chi connectivity index (χ1v) is 8.94. The Labute approximate surface area is 153 Å².